The first-order chi connectivity index (χ1) is 15.2. The Balaban J connectivity index is 0.00000512. The number of hydrogen-bond donors (Lipinski definition) is 2. The van der Waals surface area contributed by atoms with E-state index in [0.29, 0.717) is 43.0 Å². The van der Waals surface area contributed by atoms with E-state index in [1.807, 2.05) is 43.3 Å². The molecule has 32 heavy (non-hydrogen) atoms. The van der Waals surface area contributed by atoms with Crippen molar-refractivity contribution in [2.24, 2.45) is 4.99 Å². The standard InChI is InChI=1S/C23H33N3O5.HI/c1-6-24-23(26-18-9-7-10-19(15-18)31-14-8-13-27-2)25-16-17-11-12-20(28-3)22(30-5)21(17)29-4;/h7,9-12,15H,6,8,13-14,16H2,1-5H3,(H2,24,25,26);1H. The topological polar surface area (TPSA) is 82.6 Å². The third kappa shape index (κ3) is 8.27. The number of nitrogens with zero attached hydrogens (tertiary/aromatic N) is 1. The Kier molecular flexibility index (Phi) is 13.3. The first-order valence-corrected chi connectivity index (χ1v) is 10.2. The summed E-state index contributed by atoms with van der Waals surface area (Å²) >= 11 is 0. The van der Waals surface area contributed by atoms with Gasteiger partial charge in [0.05, 0.1) is 34.5 Å². The fourth-order valence-corrected chi connectivity index (χ4v) is 2.95. The van der Waals surface area contributed by atoms with Crippen molar-refractivity contribution in [2.45, 2.75) is 19.9 Å². The van der Waals surface area contributed by atoms with Gasteiger partial charge in [0.25, 0.3) is 0 Å². The molecule has 2 N–H and O–H groups in total. The van der Waals surface area contributed by atoms with Crippen LogP contribution in [0, 0.1) is 0 Å². The molecule has 0 atom stereocenters. The van der Waals surface area contributed by atoms with E-state index < -0.39 is 0 Å². The maximum atomic E-state index is 5.77. The molecule has 0 aliphatic carbocycles. The number of aliphatic imine (C=N–C) groups is 1. The Morgan fingerprint density at radius 3 is 2.38 bits per heavy atom. The van der Waals surface area contributed by atoms with Gasteiger partial charge in [0.1, 0.15) is 5.75 Å². The first-order valence-electron chi connectivity index (χ1n) is 10.2. The lowest BCUT2D eigenvalue weighted by Crippen LogP contribution is -2.30. The molecule has 2 rings (SSSR count). The van der Waals surface area contributed by atoms with Crippen LogP contribution in [0.5, 0.6) is 23.0 Å². The van der Waals surface area contributed by atoms with Crippen molar-refractivity contribution in [2.75, 3.05) is 53.5 Å². The summed E-state index contributed by atoms with van der Waals surface area (Å²) in [5.74, 6) is 3.20. The van der Waals surface area contributed by atoms with Crippen molar-refractivity contribution in [3.05, 3.63) is 42.0 Å². The molecule has 0 bridgehead atoms. The molecule has 0 saturated carbocycles. The molecule has 0 amide bonds. The van der Waals surface area contributed by atoms with Crippen LogP contribution >= 0.6 is 24.0 Å². The van der Waals surface area contributed by atoms with Gasteiger partial charge in [-0.05, 0) is 31.2 Å². The van der Waals surface area contributed by atoms with E-state index in [4.69, 9.17) is 28.7 Å². The molecule has 0 radical (unpaired) electrons. The van der Waals surface area contributed by atoms with Gasteiger partial charge < -0.3 is 34.3 Å². The van der Waals surface area contributed by atoms with Crippen molar-refractivity contribution in [1.29, 1.82) is 0 Å². The van der Waals surface area contributed by atoms with Gasteiger partial charge in [-0.1, -0.05) is 6.07 Å². The fraction of sp³-hybridized carbons (Fsp3) is 0.435. The molecule has 0 aromatic heterocycles. The van der Waals surface area contributed by atoms with Gasteiger partial charge in [0.15, 0.2) is 17.5 Å². The van der Waals surface area contributed by atoms with Gasteiger partial charge in [-0.3, -0.25) is 0 Å². The van der Waals surface area contributed by atoms with Gasteiger partial charge in [-0.25, -0.2) is 4.99 Å². The lowest BCUT2D eigenvalue weighted by molar-refractivity contribution is 0.172. The van der Waals surface area contributed by atoms with Crippen molar-refractivity contribution < 1.29 is 23.7 Å². The second-order valence-electron chi connectivity index (χ2n) is 6.54. The van der Waals surface area contributed by atoms with Crippen LogP contribution in [0.3, 0.4) is 0 Å². The lowest BCUT2D eigenvalue weighted by atomic mass is 10.1. The molecular weight excluding hydrogens is 525 g/mol. The van der Waals surface area contributed by atoms with E-state index in [2.05, 4.69) is 10.6 Å². The quantitative estimate of drug-likeness (QED) is 0.174. The van der Waals surface area contributed by atoms with Crippen molar-refractivity contribution in [3.63, 3.8) is 0 Å². The number of benzene rings is 2. The summed E-state index contributed by atoms with van der Waals surface area (Å²) in [6, 6.07) is 11.5. The fourth-order valence-electron chi connectivity index (χ4n) is 2.95. The molecule has 2 aromatic carbocycles. The molecule has 2 aromatic rings. The second kappa shape index (κ2) is 15.4. The van der Waals surface area contributed by atoms with Crippen molar-refractivity contribution >= 4 is 35.6 Å². The Labute approximate surface area is 207 Å². The number of methoxy groups -OCH3 is 4. The number of guanidine groups is 1. The van der Waals surface area contributed by atoms with Crippen LogP contribution in [0.4, 0.5) is 5.69 Å². The zero-order chi connectivity index (χ0) is 22.5. The van der Waals surface area contributed by atoms with Crippen LogP contribution in [0.15, 0.2) is 41.4 Å². The highest BCUT2D eigenvalue weighted by Crippen LogP contribution is 2.39. The SMILES string of the molecule is CCNC(=NCc1ccc(OC)c(OC)c1OC)Nc1cccc(OCCCOC)c1.I. The third-order valence-electron chi connectivity index (χ3n) is 4.40. The summed E-state index contributed by atoms with van der Waals surface area (Å²) in [7, 11) is 6.47. The maximum Gasteiger partial charge on any atom is 0.203 e. The summed E-state index contributed by atoms with van der Waals surface area (Å²) in [6.45, 7) is 4.41. The van der Waals surface area contributed by atoms with E-state index in [-0.39, 0.29) is 24.0 Å². The maximum absolute atomic E-state index is 5.77. The van der Waals surface area contributed by atoms with Gasteiger partial charge >= 0.3 is 0 Å². The van der Waals surface area contributed by atoms with Gasteiger partial charge in [0, 0.05) is 44.0 Å². The molecule has 0 unspecified atom stereocenters. The average Bonchev–Trinajstić information content (AvgIpc) is 2.80. The molecule has 0 fully saturated rings. The highest BCUT2D eigenvalue weighted by Gasteiger charge is 2.15. The molecule has 0 aliphatic heterocycles. The summed E-state index contributed by atoms with van der Waals surface area (Å²) in [5, 5.41) is 6.57. The van der Waals surface area contributed by atoms with Gasteiger partial charge in [0.2, 0.25) is 5.75 Å². The zero-order valence-corrected chi connectivity index (χ0v) is 21.7. The van der Waals surface area contributed by atoms with Crippen LogP contribution in [0.25, 0.3) is 0 Å². The third-order valence-corrected chi connectivity index (χ3v) is 4.40. The van der Waals surface area contributed by atoms with Crippen LogP contribution in [-0.4, -0.2) is 54.2 Å². The van der Waals surface area contributed by atoms with E-state index in [9.17, 15) is 0 Å². The molecule has 8 nitrogen and oxygen atoms in total. The Morgan fingerprint density at radius 2 is 1.72 bits per heavy atom. The molecule has 0 heterocycles. The van der Waals surface area contributed by atoms with Gasteiger partial charge in [-0.15, -0.1) is 24.0 Å². The van der Waals surface area contributed by atoms with Crippen LogP contribution in [0.1, 0.15) is 18.9 Å². The number of nitrogens with one attached hydrogen (secondary N) is 2. The molecule has 0 saturated heterocycles. The Hall–Kier alpha value is -2.40. The number of hydrogen-bond acceptors (Lipinski definition) is 6. The average molecular weight is 559 g/mol. The highest BCUT2D eigenvalue weighted by molar-refractivity contribution is 14.0. The molecular formula is C23H34IN3O5. The number of rotatable bonds is 12. The first kappa shape index (κ1) is 27.6. The smallest absolute Gasteiger partial charge is 0.203 e. The Morgan fingerprint density at radius 1 is 0.938 bits per heavy atom. The minimum Gasteiger partial charge on any atom is -0.493 e. The molecule has 9 heteroatoms. The predicted octanol–water partition coefficient (Wildman–Crippen LogP) is 4.32. The normalized spacial score (nSPS) is 10.7. The van der Waals surface area contributed by atoms with Crippen LogP contribution in [-0.2, 0) is 11.3 Å². The molecule has 0 spiro atoms. The van der Waals surface area contributed by atoms with Crippen LogP contribution in [0.2, 0.25) is 0 Å². The summed E-state index contributed by atoms with van der Waals surface area (Å²) in [5.41, 5.74) is 1.76. The summed E-state index contributed by atoms with van der Waals surface area (Å²) in [4.78, 5) is 4.70. The number of ether oxygens (including phenoxy) is 5. The zero-order valence-electron chi connectivity index (χ0n) is 19.4. The van der Waals surface area contributed by atoms with E-state index >= 15 is 0 Å². The van der Waals surface area contributed by atoms with Crippen molar-refractivity contribution in [1.82, 2.24) is 5.32 Å². The highest BCUT2D eigenvalue weighted by atomic mass is 127. The predicted molar refractivity (Wildman–Crippen MR) is 138 cm³/mol. The molecule has 0 aliphatic rings. The Bertz CT molecular complexity index is 848. The monoisotopic (exact) mass is 559 g/mol. The van der Waals surface area contributed by atoms with E-state index in [0.717, 1.165) is 30.0 Å². The van der Waals surface area contributed by atoms with Crippen molar-refractivity contribution in [3.8, 4) is 23.0 Å². The number of anilines is 1. The van der Waals surface area contributed by atoms with E-state index in [1.54, 1.807) is 28.4 Å². The minimum absolute atomic E-state index is 0. The minimum atomic E-state index is 0. The summed E-state index contributed by atoms with van der Waals surface area (Å²) in [6.07, 6.45) is 0.839. The van der Waals surface area contributed by atoms with E-state index in [1.165, 1.54) is 0 Å². The second-order valence-corrected chi connectivity index (χ2v) is 6.54. The van der Waals surface area contributed by atoms with Crippen LogP contribution < -0.4 is 29.6 Å². The van der Waals surface area contributed by atoms with Gasteiger partial charge in [-0.2, -0.15) is 0 Å². The lowest BCUT2D eigenvalue weighted by Gasteiger charge is -2.16. The number of halogens is 1. The summed E-state index contributed by atoms with van der Waals surface area (Å²) < 4.78 is 27.2. The molecule has 178 valence electrons. The largest absolute Gasteiger partial charge is 0.493 e.